The predicted molar refractivity (Wildman–Crippen MR) is 90.7 cm³/mol. The van der Waals surface area contributed by atoms with Crippen LogP contribution in [0.25, 0.3) is 0 Å². The van der Waals surface area contributed by atoms with E-state index in [-0.39, 0.29) is 5.91 Å². The normalized spacial score (nSPS) is 21.4. The van der Waals surface area contributed by atoms with Crippen LogP contribution in [0.5, 0.6) is 0 Å². The molecule has 1 amide bonds. The zero-order valence-electron chi connectivity index (χ0n) is 13.4. The molecule has 2 heterocycles. The van der Waals surface area contributed by atoms with E-state index in [9.17, 15) is 4.79 Å². The molecule has 0 radical (unpaired) electrons. The van der Waals surface area contributed by atoms with E-state index < -0.39 is 0 Å². The van der Waals surface area contributed by atoms with Crippen molar-refractivity contribution in [1.82, 2.24) is 20.0 Å². The molecule has 3 rings (SSSR count). The molecule has 1 aromatic heterocycles. The highest BCUT2D eigenvalue weighted by molar-refractivity contribution is 6.31. The van der Waals surface area contributed by atoms with Crippen molar-refractivity contribution >= 4 is 17.5 Å². The predicted octanol–water partition coefficient (Wildman–Crippen LogP) is 2.41. The molecule has 0 bridgehead atoms. The summed E-state index contributed by atoms with van der Waals surface area (Å²) < 4.78 is 1.75. The van der Waals surface area contributed by atoms with Gasteiger partial charge in [-0.1, -0.05) is 29.8 Å². The summed E-state index contributed by atoms with van der Waals surface area (Å²) in [5.74, 6) is 0.0376. The van der Waals surface area contributed by atoms with Gasteiger partial charge in [0.25, 0.3) is 5.91 Å². The Hall–Kier alpha value is -1.85. The number of amides is 1. The molecular formula is C17H21ClN4O. The summed E-state index contributed by atoms with van der Waals surface area (Å²) >= 11 is 6.17. The number of nitrogens with zero attached hydrogens (tertiary/aromatic N) is 3. The van der Waals surface area contributed by atoms with E-state index in [0.29, 0.717) is 29.2 Å². The average molecular weight is 333 g/mol. The van der Waals surface area contributed by atoms with E-state index in [1.54, 1.807) is 17.1 Å². The lowest BCUT2D eigenvalue weighted by Crippen LogP contribution is -2.55. The highest BCUT2D eigenvalue weighted by Crippen LogP contribution is 2.16. The summed E-state index contributed by atoms with van der Waals surface area (Å²) in [5.41, 5.74) is 1.61. The highest BCUT2D eigenvalue weighted by atomic mass is 35.5. The van der Waals surface area contributed by atoms with Crippen LogP contribution in [-0.2, 0) is 6.54 Å². The van der Waals surface area contributed by atoms with Crippen LogP contribution in [0, 0.1) is 0 Å². The third-order valence-electron chi connectivity index (χ3n) is 4.02. The molecule has 122 valence electrons. The molecule has 5 nitrogen and oxygen atoms in total. The van der Waals surface area contributed by atoms with Crippen molar-refractivity contribution in [2.75, 3.05) is 13.1 Å². The number of halogens is 1. The van der Waals surface area contributed by atoms with Crippen molar-refractivity contribution < 1.29 is 4.79 Å². The molecule has 1 aromatic carbocycles. The molecular weight excluding hydrogens is 312 g/mol. The third kappa shape index (κ3) is 3.74. The maximum Gasteiger partial charge on any atom is 0.257 e. The highest BCUT2D eigenvalue weighted by Gasteiger charge is 2.26. The largest absolute Gasteiger partial charge is 0.335 e. The fraction of sp³-hybridized carbons (Fsp3) is 0.412. The maximum absolute atomic E-state index is 12.6. The summed E-state index contributed by atoms with van der Waals surface area (Å²) in [4.78, 5) is 14.5. The van der Waals surface area contributed by atoms with Crippen LogP contribution in [0.2, 0.25) is 5.02 Å². The molecule has 23 heavy (non-hydrogen) atoms. The van der Waals surface area contributed by atoms with Crippen LogP contribution in [0.15, 0.2) is 36.7 Å². The van der Waals surface area contributed by atoms with Crippen molar-refractivity contribution in [1.29, 1.82) is 0 Å². The second-order valence-corrected chi connectivity index (χ2v) is 6.60. The summed E-state index contributed by atoms with van der Waals surface area (Å²) in [6.45, 7) is 6.19. The topological polar surface area (TPSA) is 50.2 Å². The molecule has 2 aromatic rings. The first-order chi connectivity index (χ1) is 11.0. The number of aromatic nitrogens is 2. The Morgan fingerprint density at radius 2 is 2.00 bits per heavy atom. The van der Waals surface area contributed by atoms with E-state index in [1.807, 2.05) is 29.2 Å². The van der Waals surface area contributed by atoms with Gasteiger partial charge in [0, 0.05) is 36.4 Å². The van der Waals surface area contributed by atoms with Crippen molar-refractivity contribution in [3.63, 3.8) is 0 Å². The van der Waals surface area contributed by atoms with Gasteiger partial charge in [-0.05, 0) is 25.5 Å². The summed E-state index contributed by atoms with van der Waals surface area (Å²) in [5, 5.41) is 8.44. The minimum atomic E-state index is 0.0376. The van der Waals surface area contributed by atoms with E-state index in [4.69, 9.17) is 11.6 Å². The number of piperazine rings is 1. The summed E-state index contributed by atoms with van der Waals surface area (Å²) in [6.07, 6.45) is 3.43. The fourth-order valence-electron chi connectivity index (χ4n) is 3.04. The number of hydrogen-bond donors (Lipinski definition) is 1. The van der Waals surface area contributed by atoms with Crippen LogP contribution < -0.4 is 5.32 Å². The van der Waals surface area contributed by atoms with Crippen molar-refractivity contribution in [3.05, 3.63) is 52.8 Å². The number of nitrogens with one attached hydrogen (secondary N) is 1. The van der Waals surface area contributed by atoms with Gasteiger partial charge < -0.3 is 10.2 Å². The lowest BCUT2D eigenvalue weighted by atomic mass is 10.1. The molecule has 0 spiro atoms. The van der Waals surface area contributed by atoms with Gasteiger partial charge in [-0.15, -0.1) is 0 Å². The molecule has 0 saturated carbocycles. The molecule has 1 aliphatic heterocycles. The smallest absolute Gasteiger partial charge is 0.257 e. The maximum atomic E-state index is 12.6. The van der Waals surface area contributed by atoms with Crippen molar-refractivity contribution in [2.45, 2.75) is 32.5 Å². The van der Waals surface area contributed by atoms with E-state index >= 15 is 0 Å². The van der Waals surface area contributed by atoms with Crippen LogP contribution in [0.4, 0.5) is 0 Å². The average Bonchev–Trinajstić information content (AvgIpc) is 2.96. The third-order valence-corrected chi connectivity index (χ3v) is 4.38. The molecule has 6 heteroatoms. The molecule has 1 aliphatic rings. The Morgan fingerprint density at radius 3 is 2.70 bits per heavy atom. The Morgan fingerprint density at radius 1 is 1.30 bits per heavy atom. The fourth-order valence-corrected chi connectivity index (χ4v) is 3.23. The number of rotatable bonds is 3. The lowest BCUT2D eigenvalue weighted by molar-refractivity contribution is 0.0673. The Labute approximate surface area is 141 Å². The first kappa shape index (κ1) is 16.0. The molecule has 1 N–H and O–H groups in total. The van der Waals surface area contributed by atoms with E-state index in [0.717, 1.165) is 18.7 Å². The van der Waals surface area contributed by atoms with Crippen molar-refractivity contribution in [3.8, 4) is 0 Å². The Kier molecular flexibility index (Phi) is 4.68. The van der Waals surface area contributed by atoms with Crippen molar-refractivity contribution in [2.24, 2.45) is 0 Å². The van der Waals surface area contributed by atoms with Crippen LogP contribution >= 0.6 is 11.6 Å². The Balaban J connectivity index is 1.71. The van der Waals surface area contributed by atoms with Crippen LogP contribution in [0.3, 0.4) is 0 Å². The standard InChI is InChI=1S/C17H21ClN4O/c1-12-8-21(9-13(2)20-12)17(23)15-7-19-22(11-15)10-14-5-3-4-6-16(14)18/h3-7,11-13,20H,8-10H2,1-2H3/t12-,13+. The number of carbonyl (C=O) groups is 1. The molecule has 2 atom stereocenters. The first-order valence-corrected chi connectivity index (χ1v) is 8.22. The van der Waals surface area contributed by atoms with Gasteiger partial charge in [0.05, 0.1) is 18.3 Å². The van der Waals surface area contributed by atoms with Crippen LogP contribution in [0.1, 0.15) is 29.8 Å². The number of hydrogen-bond acceptors (Lipinski definition) is 3. The van der Waals surface area contributed by atoms with Gasteiger partial charge in [-0.2, -0.15) is 5.10 Å². The first-order valence-electron chi connectivity index (χ1n) is 7.84. The zero-order valence-corrected chi connectivity index (χ0v) is 14.1. The summed E-state index contributed by atoms with van der Waals surface area (Å²) in [6, 6.07) is 8.28. The van der Waals surface area contributed by atoms with E-state index in [1.165, 1.54) is 0 Å². The molecule has 1 fully saturated rings. The van der Waals surface area contributed by atoms with E-state index in [2.05, 4.69) is 24.3 Å². The van der Waals surface area contributed by atoms with Gasteiger partial charge in [0.2, 0.25) is 0 Å². The summed E-state index contributed by atoms with van der Waals surface area (Å²) in [7, 11) is 0. The second-order valence-electron chi connectivity index (χ2n) is 6.20. The van der Waals surface area contributed by atoms with Gasteiger partial charge in [0.15, 0.2) is 0 Å². The van der Waals surface area contributed by atoms with Gasteiger partial charge >= 0.3 is 0 Å². The number of benzene rings is 1. The van der Waals surface area contributed by atoms with Gasteiger partial charge in [0.1, 0.15) is 0 Å². The van der Waals surface area contributed by atoms with Gasteiger partial charge in [-0.25, -0.2) is 0 Å². The minimum Gasteiger partial charge on any atom is -0.335 e. The SMILES string of the molecule is C[C@@H]1CN(C(=O)c2cnn(Cc3ccccc3Cl)c2)C[C@H](C)N1. The Bertz CT molecular complexity index is 689. The van der Waals surface area contributed by atoms with Gasteiger partial charge in [-0.3, -0.25) is 9.48 Å². The molecule has 1 saturated heterocycles. The minimum absolute atomic E-state index is 0.0376. The quantitative estimate of drug-likeness (QED) is 0.939. The zero-order chi connectivity index (χ0) is 16.4. The van der Waals surface area contributed by atoms with Crippen LogP contribution in [-0.4, -0.2) is 45.8 Å². The second kappa shape index (κ2) is 6.72. The molecule has 0 aliphatic carbocycles. The number of carbonyl (C=O) groups excluding carboxylic acids is 1. The monoisotopic (exact) mass is 332 g/mol. The lowest BCUT2D eigenvalue weighted by Gasteiger charge is -2.35. The molecule has 0 unspecified atom stereocenters.